The van der Waals surface area contributed by atoms with Gasteiger partial charge in [-0.15, -0.1) is 0 Å². The summed E-state index contributed by atoms with van der Waals surface area (Å²) >= 11 is 0. The molecule has 2 nitrogen and oxygen atoms in total. The van der Waals surface area contributed by atoms with E-state index in [1.165, 1.54) is 16.7 Å². The van der Waals surface area contributed by atoms with E-state index in [2.05, 4.69) is 71.7 Å². The maximum Gasteiger partial charge on any atom is 0.0426 e. The van der Waals surface area contributed by atoms with Crippen LogP contribution in [0.3, 0.4) is 0 Å². The number of rotatable bonds is 4. The zero-order valence-corrected chi connectivity index (χ0v) is 13.6. The molecule has 1 aromatic rings. The van der Waals surface area contributed by atoms with Gasteiger partial charge in [-0.1, -0.05) is 44.5 Å². The summed E-state index contributed by atoms with van der Waals surface area (Å²) in [5.41, 5.74) is 10.5. The second-order valence-electron chi connectivity index (χ2n) is 6.95. The van der Waals surface area contributed by atoms with Gasteiger partial charge in [-0.05, 0) is 44.4 Å². The second kappa shape index (κ2) is 6.06. The molecule has 0 radical (unpaired) electrons. The lowest BCUT2D eigenvalue weighted by atomic mass is 9.86. The van der Waals surface area contributed by atoms with Crippen molar-refractivity contribution in [2.75, 3.05) is 13.6 Å². The van der Waals surface area contributed by atoms with E-state index in [0.29, 0.717) is 6.04 Å². The Kier molecular flexibility index (Phi) is 5.17. The number of nitrogens with zero attached hydrogens (tertiary/aromatic N) is 1. The molecule has 0 amide bonds. The van der Waals surface area contributed by atoms with Gasteiger partial charge in [0.25, 0.3) is 0 Å². The van der Waals surface area contributed by atoms with Crippen molar-refractivity contribution in [3.8, 4) is 0 Å². The molecule has 2 atom stereocenters. The first-order chi connectivity index (χ1) is 8.62. The van der Waals surface area contributed by atoms with Crippen LogP contribution in [-0.2, 0) is 0 Å². The molecule has 0 aliphatic carbocycles. The van der Waals surface area contributed by atoms with E-state index < -0.39 is 0 Å². The molecular weight excluding hydrogens is 232 g/mol. The topological polar surface area (TPSA) is 29.3 Å². The average Bonchev–Trinajstić information content (AvgIpc) is 2.26. The number of benzene rings is 1. The highest BCUT2D eigenvalue weighted by Crippen LogP contribution is 2.25. The molecule has 2 heteroatoms. The molecule has 0 fully saturated rings. The lowest BCUT2D eigenvalue weighted by molar-refractivity contribution is 0.134. The molecule has 0 heterocycles. The molecule has 0 aromatic heterocycles. The summed E-state index contributed by atoms with van der Waals surface area (Å²) in [6, 6.07) is 7.11. The number of likely N-dealkylation sites (N-methyl/N-ethyl adjacent to an activating group) is 1. The minimum atomic E-state index is 0.0791. The van der Waals surface area contributed by atoms with Crippen LogP contribution < -0.4 is 5.73 Å². The minimum Gasteiger partial charge on any atom is -0.323 e. The SMILES string of the molecule is Cc1ccc(C(N)CN(C)C(C)C(C)(C)C)c(C)c1. The smallest absolute Gasteiger partial charge is 0.0426 e. The molecule has 0 spiro atoms. The molecule has 1 rings (SSSR count). The standard InChI is InChI=1S/C17H30N2/c1-12-8-9-15(13(2)10-12)16(18)11-19(7)14(3)17(4,5)6/h8-10,14,16H,11,18H2,1-7H3. The van der Waals surface area contributed by atoms with Crippen LogP contribution in [0.25, 0.3) is 0 Å². The lowest BCUT2D eigenvalue weighted by Crippen LogP contribution is -2.42. The van der Waals surface area contributed by atoms with Crippen molar-refractivity contribution in [3.05, 3.63) is 34.9 Å². The van der Waals surface area contributed by atoms with Crippen molar-refractivity contribution in [2.45, 2.75) is 53.6 Å². The van der Waals surface area contributed by atoms with Crippen molar-refractivity contribution < 1.29 is 0 Å². The van der Waals surface area contributed by atoms with Crippen molar-refractivity contribution in [1.29, 1.82) is 0 Å². The summed E-state index contributed by atoms with van der Waals surface area (Å²) < 4.78 is 0. The van der Waals surface area contributed by atoms with Crippen LogP contribution in [-0.4, -0.2) is 24.5 Å². The summed E-state index contributed by atoms with van der Waals surface area (Å²) in [6.07, 6.45) is 0. The van der Waals surface area contributed by atoms with Crippen molar-refractivity contribution >= 4 is 0 Å². The van der Waals surface area contributed by atoms with E-state index in [9.17, 15) is 0 Å². The van der Waals surface area contributed by atoms with Crippen LogP contribution in [0.4, 0.5) is 0 Å². The van der Waals surface area contributed by atoms with Crippen molar-refractivity contribution in [2.24, 2.45) is 11.1 Å². The molecule has 19 heavy (non-hydrogen) atoms. The van der Waals surface area contributed by atoms with Gasteiger partial charge in [-0.3, -0.25) is 0 Å². The molecule has 0 saturated carbocycles. The second-order valence-corrected chi connectivity index (χ2v) is 6.95. The minimum absolute atomic E-state index is 0.0791. The van der Waals surface area contributed by atoms with E-state index in [1.54, 1.807) is 0 Å². The Morgan fingerprint density at radius 2 is 1.79 bits per heavy atom. The van der Waals surface area contributed by atoms with Gasteiger partial charge in [0, 0.05) is 18.6 Å². The first-order valence-electron chi connectivity index (χ1n) is 7.16. The van der Waals surface area contributed by atoms with Gasteiger partial charge in [-0.2, -0.15) is 0 Å². The van der Waals surface area contributed by atoms with Gasteiger partial charge in [-0.25, -0.2) is 0 Å². The van der Waals surface area contributed by atoms with Gasteiger partial charge in [0.15, 0.2) is 0 Å². The number of nitrogens with two attached hydrogens (primary N) is 1. The summed E-state index contributed by atoms with van der Waals surface area (Å²) in [7, 11) is 2.17. The predicted octanol–water partition coefficient (Wildman–Crippen LogP) is 3.67. The highest BCUT2D eigenvalue weighted by molar-refractivity contribution is 5.32. The lowest BCUT2D eigenvalue weighted by Gasteiger charge is -2.36. The maximum absolute atomic E-state index is 6.39. The molecule has 108 valence electrons. The maximum atomic E-state index is 6.39. The van der Waals surface area contributed by atoms with Gasteiger partial charge < -0.3 is 10.6 Å². The molecule has 0 bridgehead atoms. The van der Waals surface area contributed by atoms with Gasteiger partial charge >= 0.3 is 0 Å². The van der Waals surface area contributed by atoms with Crippen LogP contribution in [0.5, 0.6) is 0 Å². The molecule has 2 unspecified atom stereocenters. The summed E-state index contributed by atoms with van der Waals surface area (Å²) in [6.45, 7) is 14.3. The van der Waals surface area contributed by atoms with E-state index >= 15 is 0 Å². The Morgan fingerprint density at radius 3 is 2.26 bits per heavy atom. The Labute approximate surface area is 119 Å². The highest BCUT2D eigenvalue weighted by atomic mass is 15.1. The van der Waals surface area contributed by atoms with Crippen LogP contribution in [0, 0.1) is 19.3 Å². The third-order valence-electron chi connectivity index (χ3n) is 4.22. The molecule has 0 aliphatic rings. The zero-order valence-electron chi connectivity index (χ0n) is 13.6. The number of hydrogen-bond donors (Lipinski definition) is 1. The Hall–Kier alpha value is -0.860. The van der Waals surface area contributed by atoms with E-state index in [-0.39, 0.29) is 11.5 Å². The van der Waals surface area contributed by atoms with Gasteiger partial charge in [0.05, 0.1) is 0 Å². The van der Waals surface area contributed by atoms with Crippen molar-refractivity contribution in [1.82, 2.24) is 4.90 Å². The Bertz CT molecular complexity index is 418. The molecule has 1 aromatic carbocycles. The molecule has 0 saturated heterocycles. The van der Waals surface area contributed by atoms with Crippen molar-refractivity contribution in [3.63, 3.8) is 0 Å². The fourth-order valence-corrected chi connectivity index (χ4v) is 2.47. The average molecular weight is 262 g/mol. The summed E-state index contributed by atoms with van der Waals surface area (Å²) in [5, 5.41) is 0. The van der Waals surface area contributed by atoms with Crippen LogP contribution in [0.2, 0.25) is 0 Å². The fraction of sp³-hybridized carbons (Fsp3) is 0.647. The first kappa shape index (κ1) is 16.2. The summed E-state index contributed by atoms with van der Waals surface area (Å²) in [5.74, 6) is 0. The highest BCUT2D eigenvalue weighted by Gasteiger charge is 2.25. The van der Waals surface area contributed by atoms with E-state index in [1.807, 2.05) is 0 Å². The Balaban J connectivity index is 2.77. The predicted molar refractivity (Wildman–Crippen MR) is 84.4 cm³/mol. The third-order valence-corrected chi connectivity index (χ3v) is 4.22. The zero-order chi connectivity index (χ0) is 14.8. The van der Waals surface area contributed by atoms with E-state index in [0.717, 1.165) is 6.54 Å². The molecule has 2 N–H and O–H groups in total. The summed E-state index contributed by atoms with van der Waals surface area (Å²) in [4.78, 5) is 2.37. The monoisotopic (exact) mass is 262 g/mol. The largest absolute Gasteiger partial charge is 0.323 e. The van der Waals surface area contributed by atoms with Gasteiger partial charge in [0.1, 0.15) is 0 Å². The van der Waals surface area contributed by atoms with Gasteiger partial charge in [0.2, 0.25) is 0 Å². The normalized spacial score (nSPS) is 15.6. The van der Waals surface area contributed by atoms with Crippen LogP contribution in [0.15, 0.2) is 18.2 Å². The number of hydrogen-bond acceptors (Lipinski definition) is 2. The number of aryl methyl sites for hydroxylation is 2. The molecule has 0 aliphatic heterocycles. The Morgan fingerprint density at radius 1 is 1.21 bits per heavy atom. The van der Waals surface area contributed by atoms with Crippen LogP contribution in [0.1, 0.15) is 50.4 Å². The van der Waals surface area contributed by atoms with Crippen LogP contribution >= 0.6 is 0 Å². The molecular formula is C17H30N2. The quantitative estimate of drug-likeness (QED) is 0.897. The fourth-order valence-electron chi connectivity index (χ4n) is 2.47. The first-order valence-corrected chi connectivity index (χ1v) is 7.16. The third kappa shape index (κ3) is 4.32. The van der Waals surface area contributed by atoms with E-state index in [4.69, 9.17) is 5.73 Å².